The van der Waals surface area contributed by atoms with E-state index in [1.54, 1.807) is 35.2 Å². The van der Waals surface area contributed by atoms with Crippen LogP contribution in [-0.2, 0) is 0 Å². The molecule has 0 spiro atoms. The monoisotopic (exact) mass is 416 g/mol. The van der Waals surface area contributed by atoms with E-state index in [0.717, 1.165) is 0 Å². The number of aliphatic hydroxyl groups excluding tert-OH is 1. The average Bonchev–Trinajstić information content (AvgIpc) is 3.18. The van der Waals surface area contributed by atoms with Crippen LogP contribution >= 0.6 is 0 Å². The van der Waals surface area contributed by atoms with E-state index in [2.05, 4.69) is 4.90 Å². The van der Waals surface area contributed by atoms with E-state index in [-0.39, 0.29) is 18.3 Å². The van der Waals surface area contributed by atoms with Crippen molar-refractivity contribution in [1.29, 1.82) is 0 Å². The van der Waals surface area contributed by atoms with Gasteiger partial charge in [-0.1, -0.05) is 0 Å². The third-order valence-corrected chi connectivity index (χ3v) is 5.08. The maximum Gasteiger partial charge on any atom is 0.289 e. The molecule has 162 valence electrons. The molecule has 0 radical (unpaired) electrons. The number of rotatable bonds is 8. The van der Waals surface area contributed by atoms with Gasteiger partial charge >= 0.3 is 0 Å². The van der Waals surface area contributed by atoms with Crippen molar-refractivity contribution in [2.24, 2.45) is 0 Å². The average molecular weight is 416 g/mol. The minimum atomic E-state index is -0.697. The van der Waals surface area contributed by atoms with Crippen LogP contribution in [0.15, 0.2) is 34.7 Å². The van der Waals surface area contributed by atoms with Crippen LogP contribution < -0.4 is 9.47 Å². The van der Waals surface area contributed by atoms with Crippen LogP contribution in [0.3, 0.4) is 0 Å². The number of β-amino-alcohol motifs (C(OH)–C–C–N with tert-alkyl or cyclic N) is 1. The number of aryl methyl sites for hydroxylation is 1. The first-order valence-electron chi connectivity index (χ1n) is 9.95. The first kappa shape index (κ1) is 21.9. The van der Waals surface area contributed by atoms with Crippen LogP contribution in [0, 0.1) is 6.92 Å². The zero-order chi connectivity index (χ0) is 21.7. The van der Waals surface area contributed by atoms with Crippen molar-refractivity contribution in [1.82, 2.24) is 9.80 Å². The number of hydrogen-bond donors (Lipinski definition) is 1. The van der Waals surface area contributed by atoms with Crippen LogP contribution in [0.4, 0.5) is 0 Å². The Hall–Kier alpha value is -2.84. The molecule has 1 aliphatic rings. The molecule has 1 saturated heterocycles. The molecule has 0 bridgehead atoms. The molecule has 1 aromatic heterocycles. The maximum atomic E-state index is 12.4. The van der Waals surface area contributed by atoms with Gasteiger partial charge < -0.3 is 23.9 Å². The summed E-state index contributed by atoms with van der Waals surface area (Å²) in [6.45, 7) is 6.32. The van der Waals surface area contributed by atoms with Gasteiger partial charge in [-0.3, -0.25) is 14.5 Å². The number of amides is 1. The fourth-order valence-electron chi connectivity index (χ4n) is 3.38. The highest BCUT2D eigenvalue weighted by molar-refractivity contribution is 5.94. The minimum absolute atomic E-state index is 0.0558. The molecule has 8 nitrogen and oxygen atoms in total. The summed E-state index contributed by atoms with van der Waals surface area (Å²) in [6, 6.07) is 8.44. The van der Waals surface area contributed by atoms with Crippen LogP contribution in [0.2, 0.25) is 0 Å². The molecule has 30 heavy (non-hydrogen) atoms. The second kappa shape index (κ2) is 9.77. The molecule has 1 atom stereocenters. The number of aliphatic hydroxyl groups is 1. The largest absolute Gasteiger partial charge is 0.493 e. The highest BCUT2D eigenvalue weighted by Crippen LogP contribution is 2.28. The van der Waals surface area contributed by atoms with Crippen LogP contribution in [-0.4, -0.2) is 79.1 Å². The summed E-state index contributed by atoms with van der Waals surface area (Å²) in [5.74, 6) is 1.85. The lowest BCUT2D eigenvalue weighted by atomic mass is 10.1. The molecule has 1 fully saturated rings. The van der Waals surface area contributed by atoms with E-state index in [1.807, 2.05) is 6.92 Å². The highest BCUT2D eigenvalue weighted by Gasteiger charge is 2.25. The molecule has 0 saturated carbocycles. The van der Waals surface area contributed by atoms with Crippen molar-refractivity contribution in [3.63, 3.8) is 0 Å². The van der Waals surface area contributed by atoms with Crippen molar-refractivity contribution in [3.8, 4) is 11.5 Å². The number of nitrogens with zero attached hydrogens (tertiary/aromatic N) is 2. The van der Waals surface area contributed by atoms with Crippen LogP contribution in [0.25, 0.3) is 0 Å². The van der Waals surface area contributed by atoms with Crippen molar-refractivity contribution < 1.29 is 28.6 Å². The van der Waals surface area contributed by atoms with Gasteiger partial charge in [-0.25, -0.2) is 0 Å². The van der Waals surface area contributed by atoms with E-state index < -0.39 is 6.10 Å². The molecule has 3 rings (SSSR count). The molecular formula is C22H28N2O6. The quantitative estimate of drug-likeness (QED) is 0.658. The molecular weight excluding hydrogens is 388 g/mol. The summed E-state index contributed by atoms with van der Waals surface area (Å²) >= 11 is 0. The van der Waals surface area contributed by atoms with E-state index in [0.29, 0.717) is 61.3 Å². The number of methoxy groups -OCH3 is 1. The van der Waals surface area contributed by atoms with E-state index in [1.165, 1.54) is 14.0 Å². The third-order valence-electron chi connectivity index (χ3n) is 5.08. The first-order chi connectivity index (χ1) is 14.4. The topological polar surface area (TPSA) is 92.5 Å². The predicted molar refractivity (Wildman–Crippen MR) is 110 cm³/mol. The Morgan fingerprint density at radius 1 is 1.13 bits per heavy atom. The number of hydrogen-bond acceptors (Lipinski definition) is 7. The second-order valence-electron chi connectivity index (χ2n) is 7.39. The van der Waals surface area contributed by atoms with E-state index >= 15 is 0 Å². The molecule has 2 heterocycles. The number of ketones is 1. The molecule has 1 N–H and O–H groups in total. The summed E-state index contributed by atoms with van der Waals surface area (Å²) in [7, 11) is 1.51. The van der Waals surface area contributed by atoms with Gasteiger partial charge in [-0.2, -0.15) is 0 Å². The van der Waals surface area contributed by atoms with Crippen molar-refractivity contribution in [2.45, 2.75) is 20.0 Å². The summed E-state index contributed by atoms with van der Waals surface area (Å²) < 4.78 is 16.4. The number of piperazine rings is 1. The Morgan fingerprint density at radius 3 is 2.47 bits per heavy atom. The summed E-state index contributed by atoms with van der Waals surface area (Å²) in [5.41, 5.74) is 0.539. The zero-order valence-electron chi connectivity index (χ0n) is 17.6. The molecule has 8 heteroatoms. The van der Waals surface area contributed by atoms with Crippen LogP contribution in [0.1, 0.15) is 33.6 Å². The molecule has 1 aliphatic heterocycles. The third kappa shape index (κ3) is 5.40. The maximum absolute atomic E-state index is 12.4. The van der Waals surface area contributed by atoms with E-state index in [9.17, 15) is 14.7 Å². The Kier molecular flexibility index (Phi) is 7.12. The summed E-state index contributed by atoms with van der Waals surface area (Å²) in [4.78, 5) is 27.8. The fourth-order valence-corrected chi connectivity index (χ4v) is 3.38. The van der Waals surface area contributed by atoms with Gasteiger partial charge in [-0.05, 0) is 44.2 Å². The van der Waals surface area contributed by atoms with Gasteiger partial charge in [0.15, 0.2) is 23.0 Å². The Bertz CT molecular complexity index is 886. The number of carbonyl (C=O) groups is 2. The van der Waals surface area contributed by atoms with Crippen molar-refractivity contribution in [2.75, 3.05) is 46.4 Å². The van der Waals surface area contributed by atoms with Gasteiger partial charge in [0, 0.05) is 38.3 Å². The molecule has 2 aromatic rings. The van der Waals surface area contributed by atoms with Crippen molar-refractivity contribution in [3.05, 3.63) is 47.4 Å². The lowest BCUT2D eigenvalue weighted by Gasteiger charge is -2.35. The normalized spacial score (nSPS) is 15.7. The Labute approximate surface area is 176 Å². The molecule has 1 amide bonds. The zero-order valence-corrected chi connectivity index (χ0v) is 17.6. The summed E-state index contributed by atoms with van der Waals surface area (Å²) in [5, 5.41) is 10.4. The lowest BCUT2D eigenvalue weighted by Crippen LogP contribution is -2.50. The Morgan fingerprint density at radius 2 is 1.87 bits per heavy atom. The standard InChI is InChI=1S/C22H28N2O6/c1-15-4-6-20(30-15)22(27)24-10-8-23(9-11-24)13-18(26)14-29-19-7-5-17(16(2)25)12-21(19)28-3/h4-7,12,18,26H,8-11,13-14H2,1-3H3. The van der Waals surface area contributed by atoms with Gasteiger partial charge in [0.25, 0.3) is 5.91 Å². The smallest absolute Gasteiger partial charge is 0.289 e. The van der Waals surface area contributed by atoms with Gasteiger partial charge in [0.1, 0.15) is 18.5 Å². The molecule has 1 unspecified atom stereocenters. The first-order valence-corrected chi connectivity index (χ1v) is 9.95. The minimum Gasteiger partial charge on any atom is -0.493 e. The SMILES string of the molecule is COc1cc(C(C)=O)ccc1OCC(O)CN1CCN(C(=O)c2ccc(C)o2)CC1. The number of carbonyl (C=O) groups excluding carboxylic acids is 2. The number of furan rings is 1. The van der Waals surface area contributed by atoms with Crippen LogP contribution in [0.5, 0.6) is 11.5 Å². The number of benzene rings is 1. The van der Waals surface area contributed by atoms with Gasteiger partial charge in [0.2, 0.25) is 0 Å². The highest BCUT2D eigenvalue weighted by atomic mass is 16.5. The predicted octanol–water partition coefficient (Wildman–Crippen LogP) is 2.00. The van der Waals surface area contributed by atoms with Gasteiger partial charge in [0.05, 0.1) is 7.11 Å². The Balaban J connectivity index is 1.45. The molecule has 0 aliphatic carbocycles. The van der Waals surface area contributed by atoms with Crippen molar-refractivity contribution >= 4 is 11.7 Å². The number of Topliss-reactive ketones (excluding diaryl/α,β-unsaturated/α-hetero) is 1. The van der Waals surface area contributed by atoms with Gasteiger partial charge in [-0.15, -0.1) is 0 Å². The second-order valence-corrected chi connectivity index (χ2v) is 7.39. The lowest BCUT2D eigenvalue weighted by molar-refractivity contribution is 0.0385. The fraction of sp³-hybridized carbons (Fsp3) is 0.455. The van der Waals surface area contributed by atoms with E-state index in [4.69, 9.17) is 13.9 Å². The summed E-state index contributed by atoms with van der Waals surface area (Å²) in [6.07, 6.45) is -0.697. The molecule has 1 aromatic carbocycles. The number of ether oxygens (including phenoxy) is 2.